The van der Waals surface area contributed by atoms with Crippen molar-refractivity contribution < 1.29 is 4.42 Å². The van der Waals surface area contributed by atoms with Gasteiger partial charge in [0.25, 0.3) is 0 Å². The van der Waals surface area contributed by atoms with Crippen LogP contribution in [0.1, 0.15) is 32.4 Å². The molecule has 1 rings (SSSR count). The summed E-state index contributed by atoms with van der Waals surface area (Å²) in [5.41, 5.74) is 5.82. The van der Waals surface area contributed by atoms with E-state index in [0.717, 1.165) is 25.4 Å². The topological polar surface area (TPSA) is 42.4 Å². The summed E-state index contributed by atoms with van der Waals surface area (Å²) in [6.45, 7) is 7.14. The number of rotatable bonds is 7. The smallest absolute Gasteiger partial charge is 0.117 e. The lowest BCUT2D eigenvalue weighted by Crippen LogP contribution is -2.35. The molecule has 2 N–H and O–H groups in total. The third-order valence-corrected chi connectivity index (χ3v) is 2.33. The first-order chi connectivity index (χ1) is 7.22. The van der Waals surface area contributed by atoms with Gasteiger partial charge in [-0.1, -0.05) is 13.3 Å². The van der Waals surface area contributed by atoms with Crippen molar-refractivity contribution in [3.05, 3.63) is 24.2 Å². The summed E-state index contributed by atoms with van der Waals surface area (Å²) in [5, 5.41) is 0. The van der Waals surface area contributed by atoms with Gasteiger partial charge >= 0.3 is 0 Å². The van der Waals surface area contributed by atoms with Crippen LogP contribution in [0, 0.1) is 0 Å². The molecule has 1 aromatic rings. The Labute approximate surface area is 92.2 Å². The molecule has 3 nitrogen and oxygen atoms in total. The van der Waals surface area contributed by atoms with Gasteiger partial charge in [-0.2, -0.15) is 0 Å². The van der Waals surface area contributed by atoms with E-state index in [9.17, 15) is 0 Å². The van der Waals surface area contributed by atoms with Gasteiger partial charge in [0, 0.05) is 12.6 Å². The molecule has 0 radical (unpaired) electrons. The third kappa shape index (κ3) is 5.00. The summed E-state index contributed by atoms with van der Waals surface area (Å²) in [6, 6.07) is 4.16. The molecule has 0 saturated carbocycles. The van der Waals surface area contributed by atoms with Crippen molar-refractivity contribution >= 4 is 0 Å². The lowest BCUT2D eigenvalue weighted by Gasteiger charge is -2.22. The van der Waals surface area contributed by atoms with Gasteiger partial charge in [-0.05, 0) is 32.0 Å². The van der Waals surface area contributed by atoms with Gasteiger partial charge in [0.1, 0.15) is 5.76 Å². The summed E-state index contributed by atoms with van der Waals surface area (Å²) < 4.78 is 5.34. The Kier molecular flexibility index (Phi) is 5.43. The number of unbranched alkanes of at least 4 members (excludes halogenated alkanes) is 1. The minimum atomic E-state index is 0.219. The van der Waals surface area contributed by atoms with Crippen LogP contribution in [0.5, 0.6) is 0 Å². The van der Waals surface area contributed by atoms with Crippen molar-refractivity contribution in [2.75, 3.05) is 13.1 Å². The molecule has 86 valence electrons. The quantitative estimate of drug-likeness (QED) is 0.750. The van der Waals surface area contributed by atoms with Crippen molar-refractivity contribution in [1.29, 1.82) is 0 Å². The van der Waals surface area contributed by atoms with Crippen LogP contribution in [0.3, 0.4) is 0 Å². The van der Waals surface area contributed by atoms with E-state index in [1.165, 1.54) is 12.8 Å². The minimum Gasteiger partial charge on any atom is -0.468 e. The standard InChI is InChI=1S/C12H22N2O/c1-3-4-7-14(9-11(2)13)10-12-6-5-8-15-12/h5-6,8,11H,3-4,7,9-10,13H2,1-2H3/t11-/m0/s1. The third-order valence-electron chi connectivity index (χ3n) is 2.33. The number of furan rings is 1. The molecule has 0 spiro atoms. The van der Waals surface area contributed by atoms with Gasteiger partial charge < -0.3 is 10.2 Å². The van der Waals surface area contributed by atoms with Crippen LogP contribution in [0.25, 0.3) is 0 Å². The summed E-state index contributed by atoms with van der Waals surface area (Å²) in [6.07, 6.45) is 4.15. The molecule has 1 heterocycles. The Morgan fingerprint density at radius 3 is 2.87 bits per heavy atom. The van der Waals surface area contributed by atoms with Crippen molar-refractivity contribution in [3.63, 3.8) is 0 Å². The SMILES string of the molecule is CCCCN(Cc1ccco1)C[C@H](C)N. The second kappa shape index (κ2) is 6.64. The Morgan fingerprint density at radius 1 is 1.53 bits per heavy atom. The lowest BCUT2D eigenvalue weighted by molar-refractivity contribution is 0.230. The predicted octanol–water partition coefficient (Wildman–Crippen LogP) is 2.23. The molecule has 0 aromatic carbocycles. The molecule has 0 aliphatic rings. The van der Waals surface area contributed by atoms with Gasteiger partial charge in [0.2, 0.25) is 0 Å². The van der Waals surface area contributed by atoms with E-state index in [1.54, 1.807) is 6.26 Å². The van der Waals surface area contributed by atoms with Crippen LogP contribution < -0.4 is 5.73 Å². The van der Waals surface area contributed by atoms with Crippen molar-refractivity contribution in [1.82, 2.24) is 4.90 Å². The normalized spacial score (nSPS) is 13.3. The zero-order valence-corrected chi connectivity index (χ0v) is 9.78. The van der Waals surface area contributed by atoms with Crippen LogP contribution >= 0.6 is 0 Å². The van der Waals surface area contributed by atoms with E-state index < -0.39 is 0 Å². The maximum absolute atomic E-state index is 5.82. The fourth-order valence-corrected chi connectivity index (χ4v) is 1.65. The van der Waals surface area contributed by atoms with E-state index in [4.69, 9.17) is 10.2 Å². The Morgan fingerprint density at radius 2 is 2.33 bits per heavy atom. The van der Waals surface area contributed by atoms with Crippen LogP contribution in [-0.4, -0.2) is 24.0 Å². The largest absolute Gasteiger partial charge is 0.468 e. The molecule has 0 fully saturated rings. The number of hydrogen-bond donors (Lipinski definition) is 1. The van der Waals surface area contributed by atoms with Crippen molar-refractivity contribution in [2.45, 2.75) is 39.3 Å². The Balaban J connectivity index is 2.41. The van der Waals surface area contributed by atoms with Crippen molar-refractivity contribution in [2.24, 2.45) is 5.73 Å². The van der Waals surface area contributed by atoms with Gasteiger partial charge in [-0.15, -0.1) is 0 Å². The highest BCUT2D eigenvalue weighted by molar-refractivity contribution is 4.97. The molecule has 0 aliphatic heterocycles. The van der Waals surface area contributed by atoms with Gasteiger partial charge in [-0.25, -0.2) is 0 Å². The highest BCUT2D eigenvalue weighted by atomic mass is 16.3. The maximum Gasteiger partial charge on any atom is 0.117 e. The summed E-state index contributed by atoms with van der Waals surface area (Å²) in [4.78, 5) is 2.35. The highest BCUT2D eigenvalue weighted by Crippen LogP contribution is 2.07. The first kappa shape index (κ1) is 12.3. The van der Waals surface area contributed by atoms with Gasteiger partial charge in [-0.3, -0.25) is 4.90 Å². The van der Waals surface area contributed by atoms with Crippen LogP contribution in [0.2, 0.25) is 0 Å². The molecule has 0 bridgehead atoms. The zero-order chi connectivity index (χ0) is 11.1. The van der Waals surface area contributed by atoms with E-state index in [-0.39, 0.29) is 6.04 Å². The van der Waals surface area contributed by atoms with Gasteiger partial charge in [0.15, 0.2) is 0 Å². The second-order valence-electron chi connectivity index (χ2n) is 4.15. The zero-order valence-electron chi connectivity index (χ0n) is 9.78. The fraction of sp³-hybridized carbons (Fsp3) is 0.667. The average Bonchev–Trinajstić information content (AvgIpc) is 2.66. The molecule has 15 heavy (non-hydrogen) atoms. The van der Waals surface area contributed by atoms with E-state index in [0.29, 0.717) is 0 Å². The first-order valence-corrected chi connectivity index (χ1v) is 5.72. The molecule has 1 aromatic heterocycles. The highest BCUT2D eigenvalue weighted by Gasteiger charge is 2.09. The maximum atomic E-state index is 5.82. The molecular weight excluding hydrogens is 188 g/mol. The number of nitrogens with two attached hydrogens (primary N) is 1. The minimum absolute atomic E-state index is 0.219. The Hall–Kier alpha value is -0.800. The number of hydrogen-bond acceptors (Lipinski definition) is 3. The molecule has 3 heteroatoms. The summed E-state index contributed by atoms with van der Waals surface area (Å²) in [5.74, 6) is 1.02. The molecule has 1 atom stereocenters. The molecule has 0 aliphatic carbocycles. The van der Waals surface area contributed by atoms with Gasteiger partial charge in [0.05, 0.1) is 12.8 Å². The van der Waals surface area contributed by atoms with Crippen LogP contribution in [0.4, 0.5) is 0 Å². The number of nitrogens with zero attached hydrogens (tertiary/aromatic N) is 1. The summed E-state index contributed by atoms with van der Waals surface area (Å²) >= 11 is 0. The van der Waals surface area contributed by atoms with Crippen LogP contribution in [0.15, 0.2) is 22.8 Å². The monoisotopic (exact) mass is 210 g/mol. The molecular formula is C12H22N2O. The van der Waals surface area contributed by atoms with E-state index in [1.807, 2.05) is 19.1 Å². The van der Waals surface area contributed by atoms with E-state index >= 15 is 0 Å². The average molecular weight is 210 g/mol. The molecule has 0 amide bonds. The summed E-state index contributed by atoms with van der Waals surface area (Å²) in [7, 11) is 0. The second-order valence-corrected chi connectivity index (χ2v) is 4.15. The fourth-order valence-electron chi connectivity index (χ4n) is 1.65. The molecule has 0 unspecified atom stereocenters. The first-order valence-electron chi connectivity index (χ1n) is 5.72. The van der Waals surface area contributed by atoms with E-state index in [2.05, 4.69) is 11.8 Å². The van der Waals surface area contributed by atoms with Crippen molar-refractivity contribution in [3.8, 4) is 0 Å². The predicted molar refractivity (Wildman–Crippen MR) is 62.5 cm³/mol. The lowest BCUT2D eigenvalue weighted by atomic mass is 10.2. The van der Waals surface area contributed by atoms with Crippen LogP contribution in [-0.2, 0) is 6.54 Å². The Bertz CT molecular complexity index is 244. The molecule has 0 saturated heterocycles.